The van der Waals surface area contributed by atoms with Gasteiger partial charge in [-0.1, -0.05) is 31.2 Å². The summed E-state index contributed by atoms with van der Waals surface area (Å²) in [5, 5.41) is 3.80. The zero-order valence-corrected chi connectivity index (χ0v) is 13.5. The van der Waals surface area contributed by atoms with Gasteiger partial charge in [0, 0.05) is 45.3 Å². The van der Waals surface area contributed by atoms with Crippen molar-refractivity contribution in [3.8, 4) is 0 Å². The lowest BCUT2D eigenvalue weighted by atomic mass is 9.81. The number of rotatable bonds is 4. The standard InChI is InChI=1S/C18H29N3/c1-15-7-8-18(17-6-4-3-5-16(15)17)19-9-10-21-13-11-20(2)12-14-21/h3-6,15,18-19H,7-14H2,1-2H3. The first-order chi connectivity index (χ1) is 10.2. The number of hydrogen-bond donors (Lipinski definition) is 1. The molecule has 0 amide bonds. The number of hydrogen-bond acceptors (Lipinski definition) is 3. The molecule has 21 heavy (non-hydrogen) atoms. The van der Waals surface area contributed by atoms with Gasteiger partial charge in [-0.05, 0) is 36.9 Å². The first-order valence-electron chi connectivity index (χ1n) is 8.47. The van der Waals surface area contributed by atoms with E-state index in [9.17, 15) is 0 Å². The van der Waals surface area contributed by atoms with Gasteiger partial charge in [0.05, 0.1) is 0 Å². The van der Waals surface area contributed by atoms with E-state index in [1.165, 1.54) is 51.1 Å². The second-order valence-corrected chi connectivity index (χ2v) is 6.76. The van der Waals surface area contributed by atoms with Gasteiger partial charge in [0.25, 0.3) is 0 Å². The third kappa shape index (κ3) is 3.65. The minimum absolute atomic E-state index is 0.560. The van der Waals surface area contributed by atoms with Gasteiger partial charge < -0.3 is 10.2 Å². The summed E-state index contributed by atoms with van der Waals surface area (Å²) in [4.78, 5) is 5.01. The molecule has 0 bridgehead atoms. The highest BCUT2D eigenvalue weighted by molar-refractivity contribution is 5.34. The Labute approximate surface area is 129 Å². The molecule has 1 heterocycles. The predicted molar refractivity (Wildman–Crippen MR) is 88.8 cm³/mol. The zero-order valence-electron chi connectivity index (χ0n) is 13.5. The summed E-state index contributed by atoms with van der Waals surface area (Å²) in [6.07, 6.45) is 2.59. The molecular weight excluding hydrogens is 258 g/mol. The fraction of sp³-hybridized carbons (Fsp3) is 0.667. The van der Waals surface area contributed by atoms with E-state index in [0.29, 0.717) is 6.04 Å². The highest BCUT2D eigenvalue weighted by atomic mass is 15.2. The third-order valence-electron chi connectivity index (χ3n) is 5.21. The van der Waals surface area contributed by atoms with Crippen molar-refractivity contribution in [1.82, 2.24) is 15.1 Å². The number of benzene rings is 1. The Morgan fingerprint density at radius 1 is 1.05 bits per heavy atom. The van der Waals surface area contributed by atoms with Crippen LogP contribution in [-0.2, 0) is 0 Å². The molecule has 2 aliphatic rings. The van der Waals surface area contributed by atoms with Crippen molar-refractivity contribution in [3.63, 3.8) is 0 Å². The average molecular weight is 287 g/mol. The molecule has 0 radical (unpaired) electrons. The number of piperazine rings is 1. The van der Waals surface area contributed by atoms with Gasteiger partial charge in [-0.15, -0.1) is 0 Å². The largest absolute Gasteiger partial charge is 0.309 e. The van der Waals surface area contributed by atoms with Crippen LogP contribution in [0.4, 0.5) is 0 Å². The fourth-order valence-electron chi connectivity index (χ4n) is 3.69. The lowest BCUT2D eigenvalue weighted by molar-refractivity contribution is 0.153. The summed E-state index contributed by atoms with van der Waals surface area (Å²) in [5.41, 5.74) is 3.09. The van der Waals surface area contributed by atoms with Crippen LogP contribution in [0.15, 0.2) is 24.3 Å². The van der Waals surface area contributed by atoms with Crippen molar-refractivity contribution in [1.29, 1.82) is 0 Å². The van der Waals surface area contributed by atoms with E-state index in [2.05, 4.69) is 53.4 Å². The molecule has 0 aromatic heterocycles. The third-order valence-corrected chi connectivity index (χ3v) is 5.21. The molecule has 1 fully saturated rings. The maximum absolute atomic E-state index is 3.80. The number of nitrogens with one attached hydrogen (secondary N) is 1. The SMILES string of the molecule is CC1CCC(NCCN2CCN(C)CC2)c2ccccc21. The van der Waals surface area contributed by atoms with Crippen molar-refractivity contribution in [2.75, 3.05) is 46.3 Å². The zero-order chi connectivity index (χ0) is 14.7. The number of likely N-dealkylation sites (N-methyl/N-ethyl adjacent to an activating group) is 1. The van der Waals surface area contributed by atoms with Gasteiger partial charge in [0.2, 0.25) is 0 Å². The Bertz CT molecular complexity index is 452. The quantitative estimate of drug-likeness (QED) is 0.918. The monoisotopic (exact) mass is 287 g/mol. The smallest absolute Gasteiger partial charge is 0.0323 e. The molecule has 3 nitrogen and oxygen atoms in total. The van der Waals surface area contributed by atoms with Gasteiger partial charge in [-0.3, -0.25) is 4.90 Å². The normalized spacial score (nSPS) is 27.5. The maximum atomic E-state index is 3.80. The van der Waals surface area contributed by atoms with Crippen LogP contribution in [0.1, 0.15) is 42.9 Å². The van der Waals surface area contributed by atoms with E-state index in [1.807, 2.05) is 0 Å². The summed E-state index contributed by atoms with van der Waals surface area (Å²) in [6, 6.07) is 9.56. The van der Waals surface area contributed by atoms with Crippen molar-refractivity contribution < 1.29 is 0 Å². The molecule has 1 aliphatic heterocycles. The van der Waals surface area contributed by atoms with Crippen molar-refractivity contribution in [3.05, 3.63) is 35.4 Å². The minimum atomic E-state index is 0.560. The molecular formula is C18H29N3. The van der Waals surface area contributed by atoms with Crippen LogP contribution in [0.2, 0.25) is 0 Å². The number of nitrogens with zero attached hydrogens (tertiary/aromatic N) is 2. The summed E-state index contributed by atoms with van der Waals surface area (Å²) < 4.78 is 0. The summed E-state index contributed by atoms with van der Waals surface area (Å²) in [5.74, 6) is 0.719. The van der Waals surface area contributed by atoms with Gasteiger partial charge in [0.15, 0.2) is 0 Å². The van der Waals surface area contributed by atoms with Crippen LogP contribution < -0.4 is 5.32 Å². The average Bonchev–Trinajstić information content (AvgIpc) is 2.52. The second kappa shape index (κ2) is 6.91. The summed E-state index contributed by atoms with van der Waals surface area (Å²) >= 11 is 0. The molecule has 2 atom stereocenters. The minimum Gasteiger partial charge on any atom is -0.309 e. The van der Waals surface area contributed by atoms with E-state index in [0.717, 1.165) is 12.5 Å². The fourth-order valence-corrected chi connectivity index (χ4v) is 3.69. The van der Waals surface area contributed by atoms with Crippen molar-refractivity contribution in [2.45, 2.75) is 31.7 Å². The molecule has 1 aromatic carbocycles. The highest BCUT2D eigenvalue weighted by Gasteiger charge is 2.24. The van der Waals surface area contributed by atoms with Crippen LogP contribution in [0.3, 0.4) is 0 Å². The lowest BCUT2D eigenvalue weighted by Gasteiger charge is -2.34. The van der Waals surface area contributed by atoms with E-state index in [-0.39, 0.29) is 0 Å². The number of fused-ring (bicyclic) bond motifs is 1. The van der Waals surface area contributed by atoms with E-state index in [4.69, 9.17) is 0 Å². The van der Waals surface area contributed by atoms with Crippen molar-refractivity contribution in [2.24, 2.45) is 0 Å². The van der Waals surface area contributed by atoms with E-state index < -0.39 is 0 Å². The predicted octanol–water partition coefficient (Wildman–Crippen LogP) is 2.46. The summed E-state index contributed by atoms with van der Waals surface area (Å²) in [7, 11) is 2.22. The van der Waals surface area contributed by atoms with Crippen LogP contribution in [0, 0.1) is 0 Å². The van der Waals surface area contributed by atoms with Crippen LogP contribution in [0.5, 0.6) is 0 Å². The molecule has 2 unspecified atom stereocenters. The molecule has 1 aromatic rings. The molecule has 0 saturated carbocycles. The molecule has 3 heteroatoms. The molecule has 1 aliphatic carbocycles. The second-order valence-electron chi connectivity index (χ2n) is 6.76. The molecule has 116 valence electrons. The molecule has 1 N–H and O–H groups in total. The van der Waals surface area contributed by atoms with E-state index in [1.54, 1.807) is 5.56 Å². The maximum Gasteiger partial charge on any atom is 0.0323 e. The van der Waals surface area contributed by atoms with Crippen LogP contribution in [-0.4, -0.2) is 56.1 Å². The van der Waals surface area contributed by atoms with Gasteiger partial charge in [-0.25, -0.2) is 0 Å². The summed E-state index contributed by atoms with van der Waals surface area (Å²) in [6.45, 7) is 9.51. The Balaban J connectivity index is 1.51. The van der Waals surface area contributed by atoms with Gasteiger partial charge in [0.1, 0.15) is 0 Å². The Hall–Kier alpha value is -0.900. The first kappa shape index (κ1) is 15.0. The van der Waals surface area contributed by atoms with Gasteiger partial charge in [-0.2, -0.15) is 0 Å². The van der Waals surface area contributed by atoms with Crippen LogP contribution >= 0.6 is 0 Å². The Morgan fingerprint density at radius 3 is 2.52 bits per heavy atom. The van der Waals surface area contributed by atoms with Gasteiger partial charge >= 0.3 is 0 Å². The molecule has 3 rings (SSSR count). The Kier molecular flexibility index (Phi) is 4.94. The highest BCUT2D eigenvalue weighted by Crippen LogP contribution is 2.36. The molecule has 1 saturated heterocycles. The lowest BCUT2D eigenvalue weighted by Crippen LogP contribution is -2.46. The van der Waals surface area contributed by atoms with Crippen LogP contribution in [0.25, 0.3) is 0 Å². The topological polar surface area (TPSA) is 18.5 Å². The van der Waals surface area contributed by atoms with E-state index >= 15 is 0 Å². The first-order valence-corrected chi connectivity index (χ1v) is 8.47. The van der Waals surface area contributed by atoms with Crippen molar-refractivity contribution >= 4 is 0 Å². The molecule has 0 spiro atoms. The Morgan fingerprint density at radius 2 is 1.76 bits per heavy atom.